The lowest BCUT2D eigenvalue weighted by Gasteiger charge is -2.12. The summed E-state index contributed by atoms with van der Waals surface area (Å²) < 4.78 is 5.95. The second-order valence-electron chi connectivity index (χ2n) is 5.58. The Bertz CT molecular complexity index is 1090. The van der Waals surface area contributed by atoms with Gasteiger partial charge in [0.15, 0.2) is 0 Å². The van der Waals surface area contributed by atoms with Gasteiger partial charge in [-0.15, -0.1) is 0 Å². The highest BCUT2D eigenvalue weighted by molar-refractivity contribution is 9.10. The fourth-order valence-corrected chi connectivity index (χ4v) is 3.21. The number of anilines is 1. The molecule has 3 aromatic rings. The summed E-state index contributed by atoms with van der Waals surface area (Å²) in [5.74, 6) is 0.710. The predicted octanol–water partition coefficient (Wildman–Crippen LogP) is 4.55. The average molecular weight is 425 g/mol. The third-order valence-electron chi connectivity index (χ3n) is 3.97. The Labute approximate surface area is 163 Å². The van der Waals surface area contributed by atoms with Gasteiger partial charge in [-0.25, -0.2) is 4.98 Å². The number of ether oxygens (including phenoxy) is 1. The predicted molar refractivity (Wildman–Crippen MR) is 105 cm³/mol. The number of benzene rings is 2. The van der Waals surface area contributed by atoms with E-state index in [9.17, 15) is 15.4 Å². The van der Waals surface area contributed by atoms with Gasteiger partial charge in [-0.1, -0.05) is 18.2 Å². The molecule has 0 amide bonds. The van der Waals surface area contributed by atoms with E-state index >= 15 is 0 Å². The molecule has 0 spiro atoms. The summed E-state index contributed by atoms with van der Waals surface area (Å²) in [6, 6.07) is 15.3. The molecule has 7 nitrogen and oxygen atoms in total. The van der Waals surface area contributed by atoms with Gasteiger partial charge < -0.3 is 10.5 Å². The summed E-state index contributed by atoms with van der Waals surface area (Å²) in [7, 11) is 1.56. The summed E-state index contributed by atoms with van der Waals surface area (Å²) in [6.07, 6.45) is 0. The van der Waals surface area contributed by atoms with Crippen molar-refractivity contribution in [3.63, 3.8) is 0 Å². The number of hydrogen-bond acceptors (Lipinski definition) is 6. The van der Waals surface area contributed by atoms with Crippen molar-refractivity contribution in [3.05, 3.63) is 68.7 Å². The zero-order chi connectivity index (χ0) is 19.6. The van der Waals surface area contributed by atoms with Gasteiger partial charge in [-0.3, -0.25) is 10.1 Å². The highest BCUT2D eigenvalue weighted by atomic mass is 79.9. The molecule has 0 aliphatic heterocycles. The average Bonchev–Trinajstić information content (AvgIpc) is 2.67. The fraction of sp³-hybridized carbons (Fsp3) is 0.0526. The largest absolute Gasteiger partial charge is 0.496 e. The maximum Gasteiger partial charge on any atom is 0.270 e. The van der Waals surface area contributed by atoms with Gasteiger partial charge in [0.1, 0.15) is 23.2 Å². The van der Waals surface area contributed by atoms with Crippen LogP contribution in [0.4, 0.5) is 11.5 Å². The molecule has 0 aliphatic rings. The molecule has 0 aliphatic carbocycles. The topological polar surface area (TPSA) is 115 Å². The van der Waals surface area contributed by atoms with Gasteiger partial charge in [0, 0.05) is 23.3 Å². The van der Waals surface area contributed by atoms with Crippen LogP contribution < -0.4 is 10.5 Å². The molecule has 1 heterocycles. The van der Waals surface area contributed by atoms with Crippen LogP contribution in [0.25, 0.3) is 22.4 Å². The minimum Gasteiger partial charge on any atom is -0.496 e. The van der Waals surface area contributed by atoms with Crippen LogP contribution in [0, 0.1) is 21.4 Å². The van der Waals surface area contributed by atoms with Crippen molar-refractivity contribution < 1.29 is 9.66 Å². The van der Waals surface area contributed by atoms with Crippen molar-refractivity contribution >= 4 is 27.4 Å². The Hall–Kier alpha value is -3.44. The summed E-state index contributed by atoms with van der Waals surface area (Å²) in [4.78, 5) is 14.8. The molecule has 0 bridgehead atoms. The monoisotopic (exact) mass is 424 g/mol. The Kier molecular flexibility index (Phi) is 5.05. The van der Waals surface area contributed by atoms with Gasteiger partial charge in [-0.2, -0.15) is 5.26 Å². The van der Waals surface area contributed by atoms with Crippen LogP contribution in [0.2, 0.25) is 0 Å². The van der Waals surface area contributed by atoms with Crippen LogP contribution >= 0.6 is 15.9 Å². The van der Waals surface area contributed by atoms with Crippen LogP contribution in [0.3, 0.4) is 0 Å². The molecule has 0 saturated heterocycles. The highest BCUT2D eigenvalue weighted by Crippen LogP contribution is 2.35. The van der Waals surface area contributed by atoms with E-state index < -0.39 is 4.92 Å². The number of pyridine rings is 1. The molecule has 0 atom stereocenters. The number of nitro groups is 1. The van der Waals surface area contributed by atoms with Gasteiger partial charge in [0.25, 0.3) is 5.69 Å². The minimum absolute atomic E-state index is 0.0500. The number of aromatic nitrogens is 1. The number of nitrogens with two attached hydrogens (primary N) is 1. The first-order valence-corrected chi connectivity index (χ1v) is 8.53. The number of hydrogen-bond donors (Lipinski definition) is 1. The molecule has 0 fully saturated rings. The van der Waals surface area contributed by atoms with Crippen molar-refractivity contribution in [2.75, 3.05) is 12.8 Å². The third kappa shape index (κ3) is 3.59. The Balaban J connectivity index is 2.20. The molecule has 0 unspecified atom stereocenters. The molecule has 134 valence electrons. The lowest BCUT2D eigenvalue weighted by Crippen LogP contribution is -2.00. The maximum atomic E-state index is 11.0. The number of nitro benzene ring substituents is 1. The van der Waals surface area contributed by atoms with E-state index in [-0.39, 0.29) is 17.1 Å². The van der Waals surface area contributed by atoms with Crippen LogP contribution in [0.15, 0.2) is 53.0 Å². The zero-order valence-corrected chi connectivity index (χ0v) is 15.7. The van der Waals surface area contributed by atoms with E-state index in [1.54, 1.807) is 37.4 Å². The molecule has 2 N–H and O–H groups in total. The lowest BCUT2D eigenvalue weighted by atomic mass is 9.98. The number of rotatable bonds is 4. The quantitative estimate of drug-likeness (QED) is 0.485. The van der Waals surface area contributed by atoms with E-state index in [0.29, 0.717) is 22.6 Å². The molecular weight excluding hydrogens is 412 g/mol. The first-order valence-electron chi connectivity index (χ1n) is 7.74. The van der Waals surface area contributed by atoms with E-state index in [4.69, 9.17) is 10.5 Å². The standard InChI is InChI=1S/C19H13BrN4O3/c1-27-18-6-5-11(8-16(18)20)14-9-17(23-19(22)15(14)10-21)12-3-2-4-13(7-12)24(25)26/h2-9H,1H3,(H2,22,23). The van der Waals surface area contributed by atoms with Crippen LogP contribution in [-0.2, 0) is 0 Å². The second kappa shape index (κ2) is 7.43. The van der Waals surface area contributed by atoms with Gasteiger partial charge in [-0.05, 0) is 39.7 Å². The Morgan fingerprint density at radius 3 is 2.63 bits per heavy atom. The number of methoxy groups -OCH3 is 1. The van der Waals surface area contributed by atoms with Gasteiger partial charge in [0.05, 0.1) is 22.2 Å². The Morgan fingerprint density at radius 2 is 2.00 bits per heavy atom. The van der Waals surface area contributed by atoms with Crippen molar-refractivity contribution in [3.8, 4) is 34.2 Å². The molecule has 1 aromatic heterocycles. The number of nitriles is 1. The van der Waals surface area contributed by atoms with E-state index in [0.717, 1.165) is 10.0 Å². The van der Waals surface area contributed by atoms with Crippen molar-refractivity contribution in [1.82, 2.24) is 4.98 Å². The van der Waals surface area contributed by atoms with Crippen LogP contribution in [0.1, 0.15) is 5.56 Å². The SMILES string of the molecule is COc1ccc(-c2cc(-c3cccc([N+](=O)[O-])c3)nc(N)c2C#N)cc1Br. The summed E-state index contributed by atoms with van der Waals surface area (Å²) in [6.45, 7) is 0. The minimum atomic E-state index is -0.474. The van der Waals surface area contributed by atoms with Crippen molar-refractivity contribution in [1.29, 1.82) is 5.26 Å². The summed E-state index contributed by atoms with van der Waals surface area (Å²) in [5, 5.41) is 20.6. The summed E-state index contributed by atoms with van der Waals surface area (Å²) >= 11 is 3.43. The second-order valence-corrected chi connectivity index (χ2v) is 6.44. The van der Waals surface area contributed by atoms with Crippen LogP contribution in [-0.4, -0.2) is 17.0 Å². The lowest BCUT2D eigenvalue weighted by molar-refractivity contribution is -0.384. The number of non-ortho nitro benzene ring substituents is 1. The van der Waals surface area contributed by atoms with Crippen molar-refractivity contribution in [2.24, 2.45) is 0 Å². The fourth-order valence-electron chi connectivity index (χ4n) is 2.67. The summed E-state index contributed by atoms with van der Waals surface area (Å²) in [5.41, 5.74) is 8.48. The van der Waals surface area contributed by atoms with Gasteiger partial charge >= 0.3 is 0 Å². The normalized spacial score (nSPS) is 10.3. The van der Waals surface area contributed by atoms with Gasteiger partial charge in [0.2, 0.25) is 0 Å². The third-order valence-corrected chi connectivity index (χ3v) is 4.59. The van der Waals surface area contributed by atoms with E-state index in [1.165, 1.54) is 12.1 Å². The number of nitrogen functional groups attached to an aromatic ring is 1. The number of halogens is 1. The molecule has 8 heteroatoms. The highest BCUT2D eigenvalue weighted by Gasteiger charge is 2.16. The molecule has 0 saturated carbocycles. The number of nitrogens with zero attached hydrogens (tertiary/aromatic N) is 3. The first kappa shape index (κ1) is 18.4. The maximum absolute atomic E-state index is 11.0. The van der Waals surface area contributed by atoms with E-state index in [2.05, 4.69) is 27.0 Å². The van der Waals surface area contributed by atoms with E-state index in [1.807, 2.05) is 6.07 Å². The molecule has 2 aromatic carbocycles. The smallest absolute Gasteiger partial charge is 0.270 e. The zero-order valence-electron chi connectivity index (χ0n) is 14.1. The van der Waals surface area contributed by atoms with Crippen LogP contribution in [0.5, 0.6) is 5.75 Å². The molecular formula is C19H13BrN4O3. The molecule has 27 heavy (non-hydrogen) atoms. The Morgan fingerprint density at radius 1 is 1.22 bits per heavy atom. The molecule has 3 rings (SSSR count). The first-order chi connectivity index (χ1) is 12.9. The molecule has 0 radical (unpaired) electrons. The van der Waals surface area contributed by atoms with Crippen molar-refractivity contribution in [2.45, 2.75) is 0 Å².